The molecule has 0 saturated carbocycles. The number of rotatable bonds is 4. The van der Waals surface area contributed by atoms with Gasteiger partial charge in [-0.15, -0.1) is 0 Å². The van der Waals surface area contributed by atoms with Crippen molar-refractivity contribution in [3.8, 4) is 0 Å². The molecule has 120 valence electrons. The van der Waals surface area contributed by atoms with Gasteiger partial charge in [0.1, 0.15) is 5.82 Å². The van der Waals surface area contributed by atoms with E-state index in [0.717, 1.165) is 19.3 Å². The molecule has 22 heavy (non-hydrogen) atoms. The number of carbonyl (C=O) groups excluding carboxylic acids is 1. The zero-order valence-electron chi connectivity index (χ0n) is 12.7. The van der Waals surface area contributed by atoms with Crippen LogP contribution in [0.15, 0.2) is 24.3 Å². The summed E-state index contributed by atoms with van der Waals surface area (Å²) in [5.74, 6) is 0.162. The lowest BCUT2D eigenvalue weighted by Crippen LogP contribution is -2.39. The summed E-state index contributed by atoms with van der Waals surface area (Å²) in [4.78, 5) is 14.1. The first-order valence-corrected chi connectivity index (χ1v) is 7.96. The first kappa shape index (κ1) is 16.7. The summed E-state index contributed by atoms with van der Waals surface area (Å²) in [5, 5.41) is 3.07. The van der Waals surface area contributed by atoms with E-state index in [1.165, 1.54) is 12.1 Å². The average molecular weight is 324 g/mol. The number of halogens is 1. The minimum atomic E-state index is -0.282. The first-order chi connectivity index (χ1) is 10.6. The van der Waals surface area contributed by atoms with Gasteiger partial charge in [0.2, 0.25) is 0 Å². The Morgan fingerprint density at radius 1 is 1.45 bits per heavy atom. The highest BCUT2D eigenvalue weighted by molar-refractivity contribution is 7.80. The number of ether oxygens (including phenoxy) is 1. The molecule has 0 atom stereocenters. The van der Waals surface area contributed by atoms with E-state index in [1.807, 2.05) is 0 Å². The van der Waals surface area contributed by atoms with Crippen LogP contribution in [-0.4, -0.2) is 35.7 Å². The summed E-state index contributed by atoms with van der Waals surface area (Å²) in [5.41, 5.74) is 0.675. The predicted molar refractivity (Wildman–Crippen MR) is 88.6 cm³/mol. The summed E-state index contributed by atoms with van der Waals surface area (Å²) < 4.78 is 18.1. The van der Waals surface area contributed by atoms with Crippen LogP contribution in [0.25, 0.3) is 0 Å². The smallest absolute Gasteiger partial charge is 0.409 e. The Hall–Kier alpha value is -1.69. The maximum Gasteiger partial charge on any atom is 0.409 e. The van der Waals surface area contributed by atoms with Crippen molar-refractivity contribution in [2.24, 2.45) is 5.92 Å². The van der Waals surface area contributed by atoms with Gasteiger partial charge < -0.3 is 15.0 Å². The van der Waals surface area contributed by atoms with E-state index in [2.05, 4.69) is 5.32 Å². The Bertz CT molecular complexity index is 531. The van der Waals surface area contributed by atoms with Crippen LogP contribution in [0.4, 0.5) is 14.9 Å². The average Bonchev–Trinajstić information content (AvgIpc) is 2.48. The second-order valence-electron chi connectivity index (χ2n) is 5.39. The molecule has 0 aliphatic carbocycles. The summed E-state index contributed by atoms with van der Waals surface area (Å²) in [6.45, 7) is 3.61. The Morgan fingerprint density at radius 3 is 2.82 bits per heavy atom. The van der Waals surface area contributed by atoms with E-state index >= 15 is 0 Å². The van der Waals surface area contributed by atoms with Gasteiger partial charge in [0, 0.05) is 25.2 Å². The van der Waals surface area contributed by atoms with Gasteiger partial charge in [-0.25, -0.2) is 9.18 Å². The van der Waals surface area contributed by atoms with Crippen LogP contribution in [0.1, 0.15) is 26.2 Å². The molecular formula is C16H21FN2O2S. The highest BCUT2D eigenvalue weighted by Crippen LogP contribution is 2.22. The number of thiocarbonyl (C=S) groups is 1. The number of nitrogens with zero attached hydrogens (tertiary/aromatic N) is 1. The van der Waals surface area contributed by atoms with E-state index in [1.54, 1.807) is 24.0 Å². The van der Waals surface area contributed by atoms with E-state index in [-0.39, 0.29) is 11.9 Å². The maximum absolute atomic E-state index is 13.1. The lowest BCUT2D eigenvalue weighted by Gasteiger charge is -2.31. The third-order valence-corrected chi connectivity index (χ3v) is 3.99. The number of likely N-dealkylation sites (tertiary alicyclic amines) is 1. The van der Waals surface area contributed by atoms with Crippen molar-refractivity contribution in [2.75, 3.05) is 25.0 Å². The molecule has 1 aliphatic heterocycles. The van der Waals surface area contributed by atoms with Crippen molar-refractivity contribution in [1.29, 1.82) is 0 Å². The van der Waals surface area contributed by atoms with Crippen molar-refractivity contribution in [2.45, 2.75) is 26.2 Å². The summed E-state index contributed by atoms with van der Waals surface area (Å²) in [7, 11) is 0. The Labute approximate surface area is 135 Å². The molecule has 2 rings (SSSR count). The number of piperidine rings is 1. The number of hydrogen-bond acceptors (Lipinski definition) is 3. The van der Waals surface area contributed by atoms with E-state index < -0.39 is 0 Å². The monoisotopic (exact) mass is 324 g/mol. The summed E-state index contributed by atoms with van der Waals surface area (Å²) in [6, 6.07) is 6.27. The van der Waals surface area contributed by atoms with Crippen LogP contribution in [0, 0.1) is 11.7 Å². The Balaban J connectivity index is 1.76. The molecule has 0 unspecified atom stereocenters. The van der Waals surface area contributed by atoms with Gasteiger partial charge in [0.05, 0.1) is 11.6 Å². The molecule has 4 nitrogen and oxygen atoms in total. The van der Waals surface area contributed by atoms with Crippen molar-refractivity contribution >= 4 is 29.0 Å². The third-order valence-electron chi connectivity index (χ3n) is 3.72. The van der Waals surface area contributed by atoms with Gasteiger partial charge in [-0.3, -0.25) is 0 Å². The highest BCUT2D eigenvalue weighted by Gasteiger charge is 2.24. The topological polar surface area (TPSA) is 41.6 Å². The molecular weight excluding hydrogens is 303 g/mol. The second-order valence-corrected chi connectivity index (χ2v) is 5.88. The highest BCUT2D eigenvalue weighted by atomic mass is 32.1. The molecule has 1 saturated heterocycles. The normalized spacial score (nSPS) is 15.5. The number of anilines is 1. The van der Waals surface area contributed by atoms with Crippen LogP contribution in [0.2, 0.25) is 0 Å². The molecule has 0 radical (unpaired) electrons. The number of benzene rings is 1. The molecule has 0 aromatic heterocycles. The largest absolute Gasteiger partial charge is 0.450 e. The fraction of sp³-hybridized carbons (Fsp3) is 0.500. The quantitative estimate of drug-likeness (QED) is 0.855. The summed E-state index contributed by atoms with van der Waals surface area (Å²) >= 11 is 5.34. The molecule has 0 bridgehead atoms. The SMILES string of the molecule is CCOC(=O)N1CCC(CC(=S)Nc2cccc(F)c2)CC1. The van der Waals surface area contributed by atoms with Gasteiger partial charge in [-0.05, 0) is 43.9 Å². The molecule has 6 heteroatoms. The maximum atomic E-state index is 13.1. The standard InChI is InChI=1S/C16H21FN2O2S/c1-2-21-16(20)19-8-6-12(7-9-19)10-15(22)18-14-5-3-4-13(17)11-14/h3-5,11-12H,2,6-10H2,1H3,(H,18,22). The number of carbonyl (C=O) groups is 1. The molecule has 1 aromatic carbocycles. The number of amides is 1. The fourth-order valence-corrected chi connectivity index (χ4v) is 2.93. The Kier molecular flexibility index (Phi) is 6.12. The van der Waals surface area contributed by atoms with Crippen LogP contribution >= 0.6 is 12.2 Å². The van der Waals surface area contributed by atoms with Gasteiger partial charge in [0.25, 0.3) is 0 Å². The molecule has 1 fully saturated rings. The van der Waals surface area contributed by atoms with Gasteiger partial charge in [-0.1, -0.05) is 18.3 Å². The van der Waals surface area contributed by atoms with Crippen molar-refractivity contribution in [3.05, 3.63) is 30.1 Å². The van der Waals surface area contributed by atoms with E-state index in [0.29, 0.717) is 36.3 Å². The van der Waals surface area contributed by atoms with Crippen LogP contribution in [0.5, 0.6) is 0 Å². The minimum Gasteiger partial charge on any atom is -0.450 e. The molecule has 1 aromatic rings. The second kappa shape index (κ2) is 8.08. The molecule has 0 spiro atoms. The number of nitrogens with one attached hydrogen (secondary N) is 1. The van der Waals surface area contributed by atoms with Crippen LogP contribution in [0.3, 0.4) is 0 Å². The third kappa shape index (κ3) is 4.94. The molecule has 1 heterocycles. The van der Waals surface area contributed by atoms with Crippen molar-refractivity contribution < 1.29 is 13.9 Å². The van der Waals surface area contributed by atoms with Crippen molar-refractivity contribution in [1.82, 2.24) is 4.90 Å². The zero-order valence-corrected chi connectivity index (χ0v) is 13.5. The molecule has 1 N–H and O–H groups in total. The minimum absolute atomic E-state index is 0.235. The van der Waals surface area contributed by atoms with Crippen LogP contribution in [-0.2, 0) is 4.74 Å². The van der Waals surface area contributed by atoms with Gasteiger partial charge in [-0.2, -0.15) is 0 Å². The van der Waals surface area contributed by atoms with E-state index in [9.17, 15) is 9.18 Å². The molecule has 1 amide bonds. The van der Waals surface area contributed by atoms with Crippen LogP contribution < -0.4 is 5.32 Å². The molecule has 1 aliphatic rings. The Morgan fingerprint density at radius 2 is 2.18 bits per heavy atom. The van der Waals surface area contributed by atoms with E-state index in [4.69, 9.17) is 17.0 Å². The predicted octanol–water partition coefficient (Wildman–Crippen LogP) is 3.82. The van der Waals surface area contributed by atoms with Gasteiger partial charge >= 0.3 is 6.09 Å². The number of hydrogen-bond donors (Lipinski definition) is 1. The van der Waals surface area contributed by atoms with Crippen molar-refractivity contribution in [3.63, 3.8) is 0 Å². The zero-order chi connectivity index (χ0) is 15.9. The lowest BCUT2D eigenvalue weighted by molar-refractivity contribution is 0.0925. The van der Waals surface area contributed by atoms with Gasteiger partial charge in [0.15, 0.2) is 0 Å². The fourth-order valence-electron chi connectivity index (χ4n) is 2.57. The lowest BCUT2D eigenvalue weighted by atomic mass is 9.93. The summed E-state index contributed by atoms with van der Waals surface area (Å²) in [6.07, 6.45) is 2.33. The first-order valence-electron chi connectivity index (χ1n) is 7.55.